The van der Waals surface area contributed by atoms with Crippen LogP contribution in [0, 0.1) is 34.5 Å². The standard InChI is InChI=1S/C21H27NO/c1-13-6-9-19-18-8-7-15-14(12-22)4-3-5-16(15)17(18)10-11-21(19,2)20(13)23/h3-5,13,17-20,23H,6-11H2,1-2H3/t13-,17?,18?,19?,20+,21+/m1/s1. The Morgan fingerprint density at radius 1 is 1.22 bits per heavy atom. The lowest BCUT2D eigenvalue weighted by atomic mass is 9.48. The molecule has 6 atom stereocenters. The summed E-state index contributed by atoms with van der Waals surface area (Å²) in [5.41, 5.74) is 3.73. The lowest BCUT2D eigenvalue weighted by Gasteiger charge is -2.57. The van der Waals surface area contributed by atoms with E-state index in [0.717, 1.165) is 24.8 Å². The summed E-state index contributed by atoms with van der Waals surface area (Å²) in [6, 6.07) is 8.68. The Balaban J connectivity index is 1.71. The molecule has 0 heterocycles. The SMILES string of the molecule is C[C@@H]1CCC2C3CCc4c(C#N)cccc4C3CC[C@]2(C)[C@H]1O. The van der Waals surface area contributed by atoms with E-state index in [9.17, 15) is 10.4 Å². The third kappa shape index (κ3) is 2.09. The van der Waals surface area contributed by atoms with E-state index in [2.05, 4.69) is 32.0 Å². The summed E-state index contributed by atoms with van der Waals surface area (Å²) >= 11 is 0. The first-order valence-electron chi connectivity index (χ1n) is 9.26. The summed E-state index contributed by atoms with van der Waals surface area (Å²) in [5, 5.41) is 20.3. The van der Waals surface area contributed by atoms with E-state index < -0.39 is 0 Å². The highest BCUT2D eigenvalue weighted by Crippen LogP contribution is 2.60. The highest BCUT2D eigenvalue weighted by atomic mass is 16.3. The van der Waals surface area contributed by atoms with Gasteiger partial charge in [-0.3, -0.25) is 0 Å². The van der Waals surface area contributed by atoms with Crippen molar-refractivity contribution in [2.24, 2.45) is 23.2 Å². The van der Waals surface area contributed by atoms with Gasteiger partial charge in [-0.15, -0.1) is 0 Å². The van der Waals surface area contributed by atoms with Crippen LogP contribution >= 0.6 is 0 Å². The molecule has 0 saturated heterocycles. The van der Waals surface area contributed by atoms with Crippen molar-refractivity contribution in [1.29, 1.82) is 5.26 Å². The molecule has 0 amide bonds. The van der Waals surface area contributed by atoms with Crippen LogP contribution in [0.1, 0.15) is 68.6 Å². The number of aliphatic hydroxyl groups is 1. The maximum atomic E-state index is 10.9. The minimum Gasteiger partial charge on any atom is -0.392 e. The average molecular weight is 309 g/mol. The van der Waals surface area contributed by atoms with Crippen LogP contribution in [0.4, 0.5) is 0 Å². The molecule has 0 bridgehead atoms. The summed E-state index contributed by atoms with van der Waals surface area (Å²) in [6.45, 7) is 4.56. The fourth-order valence-corrected chi connectivity index (χ4v) is 6.23. The Morgan fingerprint density at radius 3 is 2.83 bits per heavy atom. The Morgan fingerprint density at radius 2 is 2.04 bits per heavy atom. The van der Waals surface area contributed by atoms with E-state index >= 15 is 0 Å². The first-order chi connectivity index (χ1) is 11.1. The van der Waals surface area contributed by atoms with E-state index in [1.807, 2.05) is 6.07 Å². The van der Waals surface area contributed by atoms with E-state index in [-0.39, 0.29) is 11.5 Å². The van der Waals surface area contributed by atoms with Gasteiger partial charge in [-0.25, -0.2) is 0 Å². The number of aliphatic hydroxyl groups excluding tert-OH is 1. The number of benzene rings is 1. The van der Waals surface area contributed by atoms with Crippen LogP contribution in [0.25, 0.3) is 0 Å². The minimum atomic E-state index is -0.144. The van der Waals surface area contributed by atoms with Crippen LogP contribution in [0.3, 0.4) is 0 Å². The van der Waals surface area contributed by atoms with Gasteiger partial charge in [0.25, 0.3) is 0 Å². The van der Waals surface area contributed by atoms with Crippen molar-refractivity contribution in [3.63, 3.8) is 0 Å². The van der Waals surface area contributed by atoms with Crippen LogP contribution in [-0.2, 0) is 6.42 Å². The van der Waals surface area contributed by atoms with Crippen molar-refractivity contribution in [3.05, 3.63) is 34.9 Å². The molecular weight excluding hydrogens is 282 g/mol. The van der Waals surface area contributed by atoms with Crippen LogP contribution < -0.4 is 0 Å². The maximum absolute atomic E-state index is 10.9. The molecule has 2 heteroatoms. The summed E-state index contributed by atoms with van der Waals surface area (Å²) in [6.07, 6.45) is 6.81. The predicted octanol–water partition coefficient (Wildman–Crippen LogP) is 4.41. The van der Waals surface area contributed by atoms with Gasteiger partial charge in [0, 0.05) is 0 Å². The molecule has 122 valence electrons. The highest BCUT2D eigenvalue weighted by molar-refractivity contribution is 5.46. The summed E-state index contributed by atoms with van der Waals surface area (Å²) in [7, 11) is 0. The van der Waals surface area contributed by atoms with Gasteiger partial charge in [0.15, 0.2) is 0 Å². The van der Waals surface area contributed by atoms with Crippen molar-refractivity contribution in [1.82, 2.24) is 0 Å². The van der Waals surface area contributed by atoms with Gasteiger partial charge in [0.1, 0.15) is 0 Å². The quantitative estimate of drug-likeness (QED) is 0.771. The minimum absolute atomic E-state index is 0.100. The van der Waals surface area contributed by atoms with Gasteiger partial charge >= 0.3 is 0 Å². The molecule has 0 aliphatic heterocycles. The normalized spacial score (nSPS) is 42.1. The third-order valence-electron chi connectivity index (χ3n) is 7.48. The fraction of sp³-hybridized carbons (Fsp3) is 0.667. The van der Waals surface area contributed by atoms with E-state index in [4.69, 9.17) is 0 Å². The topological polar surface area (TPSA) is 44.0 Å². The molecule has 3 unspecified atom stereocenters. The summed E-state index contributed by atoms with van der Waals surface area (Å²) < 4.78 is 0. The molecule has 3 aliphatic carbocycles. The van der Waals surface area contributed by atoms with Crippen molar-refractivity contribution in [2.45, 2.75) is 64.4 Å². The van der Waals surface area contributed by atoms with Crippen LogP contribution in [0.15, 0.2) is 18.2 Å². The summed E-state index contributed by atoms with van der Waals surface area (Å²) in [4.78, 5) is 0. The highest BCUT2D eigenvalue weighted by Gasteiger charge is 2.54. The van der Waals surface area contributed by atoms with Gasteiger partial charge in [0.2, 0.25) is 0 Å². The summed E-state index contributed by atoms with van der Waals surface area (Å²) in [5.74, 6) is 2.38. The van der Waals surface area contributed by atoms with Gasteiger partial charge in [-0.05, 0) is 84.8 Å². The lowest BCUT2D eigenvalue weighted by Crippen LogP contribution is -2.53. The fourth-order valence-electron chi connectivity index (χ4n) is 6.23. The molecule has 3 aliphatic rings. The lowest BCUT2D eigenvalue weighted by molar-refractivity contribution is -0.122. The average Bonchev–Trinajstić information content (AvgIpc) is 2.57. The molecule has 2 saturated carbocycles. The predicted molar refractivity (Wildman–Crippen MR) is 90.9 cm³/mol. The molecular formula is C21H27NO. The second-order valence-corrected chi connectivity index (χ2v) is 8.44. The largest absolute Gasteiger partial charge is 0.392 e. The molecule has 4 rings (SSSR count). The number of hydrogen-bond acceptors (Lipinski definition) is 2. The smallest absolute Gasteiger partial charge is 0.0994 e. The molecule has 0 radical (unpaired) electrons. The number of rotatable bonds is 0. The third-order valence-corrected chi connectivity index (χ3v) is 7.48. The number of fused-ring (bicyclic) bond motifs is 5. The molecule has 1 aromatic carbocycles. The van der Waals surface area contributed by atoms with E-state index in [0.29, 0.717) is 23.7 Å². The van der Waals surface area contributed by atoms with Crippen LogP contribution in [0.2, 0.25) is 0 Å². The number of hydrogen-bond donors (Lipinski definition) is 1. The zero-order valence-corrected chi connectivity index (χ0v) is 14.3. The van der Waals surface area contributed by atoms with E-state index in [1.165, 1.54) is 30.4 Å². The Labute approximate surface area is 139 Å². The van der Waals surface area contributed by atoms with Crippen molar-refractivity contribution < 1.29 is 5.11 Å². The number of nitriles is 1. The van der Waals surface area contributed by atoms with Crippen LogP contribution in [0.5, 0.6) is 0 Å². The molecule has 23 heavy (non-hydrogen) atoms. The Kier molecular flexibility index (Phi) is 3.54. The van der Waals surface area contributed by atoms with Gasteiger partial charge in [0.05, 0.1) is 17.7 Å². The first-order valence-corrected chi connectivity index (χ1v) is 9.26. The Hall–Kier alpha value is -1.33. The van der Waals surface area contributed by atoms with Crippen LogP contribution in [-0.4, -0.2) is 11.2 Å². The molecule has 2 fully saturated rings. The zero-order chi connectivity index (χ0) is 16.2. The second kappa shape index (κ2) is 5.35. The van der Waals surface area contributed by atoms with Crippen molar-refractivity contribution in [2.75, 3.05) is 0 Å². The molecule has 1 aromatic rings. The van der Waals surface area contributed by atoms with Gasteiger partial charge in [-0.2, -0.15) is 5.26 Å². The van der Waals surface area contributed by atoms with Crippen molar-refractivity contribution in [3.8, 4) is 6.07 Å². The molecule has 0 aromatic heterocycles. The zero-order valence-electron chi connectivity index (χ0n) is 14.3. The maximum Gasteiger partial charge on any atom is 0.0994 e. The van der Waals surface area contributed by atoms with Gasteiger partial charge in [-0.1, -0.05) is 26.0 Å². The molecule has 0 spiro atoms. The van der Waals surface area contributed by atoms with Crippen molar-refractivity contribution >= 4 is 0 Å². The number of nitrogens with zero attached hydrogens (tertiary/aromatic N) is 1. The molecule has 2 nitrogen and oxygen atoms in total. The van der Waals surface area contributed by atoms with E-state index in [1.54, 1.807) is 0 Å². The second-order valence-electron chi connectivity index (χ2n) is 8.44. The first kappa shape index (κ1) is 15.2. The Bertz CT molecular complexity index is 660. The molecule has 1 N–H and O–H groups in total. The monoisotopic (exact) mass is 309 g/mol. The van der Waals surface area contributed by atoms with Gasteiger partial charge < -0.3 is 5.11 Å².